The summed E-state index contributed by atoms with van der Waals surface area (Å²) in [6, 6.07) is 16.4. The summed E-state index contributed by atoms with van der Waals surface area (Å²) in [6.45, 7) is 2.96. The molecule has 10 heteroatoms. The lowest BCUT2D eigenvalue weighted by molar-refractivity contribution is -0.117. The number of nitrogens with zero attached hydrogens (tertiary/aromatic N) is 4. The Morgan fingerprint density at radius 2 is 1.76 bits per heavy atom. The molecule has 0 bridgehead atoms. The lowest BCUT2D eigenvalue weighted by Gasteiger charge is -2.26. The van der Waals surface area contributed by atoms with E-state index < -0.39 is 10.0 Å². The molecule has 0 spiro atoms. The Hall–Kier alpha value is -3.05. The maximum atomic E-state index is 12.7. The standard InChI is InChI=1S/C24H29N5O4S/c1-27(16-21-15-25-28(18-21)17-20-5-3-2-4-6-20)19-24(30)26-22-7-9-23(10-8-22)34(31,32)29-11-13-33-14-12-29/h2-10,15,18H,11-14,16-17,19H2,1H3,(H,26,30). The van der Waals surface area contributed by atoms with Crippen LogP contribution in [-0.4, -0.2) is 73.2 Å². The van der Waals surface area contributed by atoms with Gasteiger partial charge >= 0.3 is 0 Å². The smallest absolute Gasteiger partial charge is 0.243 e. The molecule has 4 rings (SSSR count). The highest BCUT2D eigenvalue weighted by Crippen LogP contribution is 2.19. The molecule has 1 aromatic heterocycles. The van der Waals surface area contributed by atoms with Gasteiger partial charge in [0.05, 0.1) is 37.4 Å². The van der Waals surface area contributed by atoms with Crippen LogP contribution in [0.25, 0.3) is 0 Å². The predicted octanol–water partition coefficient (Wildman–Crippen LogP) is 2.02. The van der Waals surface area contributed by atoms with Gasteiger partial charge in [0.1, 0.15) is 0 Å². The molecular formula is C24H29N5O4S. The zero-order valence-electron chi connectivity index (χ0n) is 19.1. The number of sulfonamides is 1. The van der Waals surface area contributed by atoms with Crippen LogP contribution in [0.3, 0.4) is 0 Å². The van der Waals surface area contributed by atoms with Gasteiger partial charge in [-0.3, -0.25) is 14.4 Å². The molecule has 1 N–H and O–H groups in total. The number of carbonyl (C=O) groups is 1. The number of benzene rings is 2. The van der Waals surface area contributed by atoms with Gasteiger partial charge in [0, 0.05) is 37.1 Å². The van der Waals surface area contributed by atoms with Crippen molar-refractivity contribution in [3.8, 4) is 0 Å². The van der Waals surface area contributed by atoms with E-state index in [0.29, 0.717) is 45.1 Å². The number of ether oxygens (including phenoxy) is 1. The molecule has 3 aromatic rings. The maximum Gasteiger partial charge on any atom is 0.243 e. The summed E-state index contributed by atoms with van der Waals surface area (Å²) >= 11 is 0. The summed E-state index contributed by atoms with van der Waals surface area (Å²) in [5.41, 5.74) is 2.74. The molecule has 0 atom stereocenters. The monoisotopic (exact) mass is 483 g/mol. The molecule has 2 heterocycles. The fourth-order valence-corrected chi connectivity index (χ4v) is 5.21. The van der Waals surface area contributed by atoms with E-state index >= 15 is 0 Å². The summed E-state index contributed by atoms with van der Waals surface area (Å²) in [6.07, 6.45) is 3.79. The second-order valence-electron chi connectivity index (χ2n) is 8.29. The van der Waals surface area contributed by atoms with Crippen LogP contribution in [0.2, 0.25) is 0 Å². The van der Waals surface area contributed by atoms with Gasteiger partial charge in [-0.15, -0.1) is 0 Å². The van der Waals surface area contributed by atoms with E-state index in [1.54, 1.807) is 12.1 Å². The highest BCUT2D eigenvalue weighted by Gasteiger charge is 2.26. The van der Waals surface area contributed by atoms with Crippen LogP contribution in [0.1, 0.15) is 11.1 Å². The summed E-state index contributed by atoms with van der Waals surface area (Å²) in [5.74, 6) is -0.178. The van der Waals surface area contributed by atoms with Crippen LogP contribution >= 0.6 is 0 Å². The van der Waals surface area contributed by atoms with Crippen molar-refractivity contribution in [2.45, 2.75) is 18.0 Å². The number of aromatic nitrogens is 2. The van der Waals surface area contributed by atoms with E-state index in [0.717, 1.165) is 5.56 Å². The Kier molecular flexibility index (Phi) is 7.73. The fourth-order valence-electron chi connectivity index (χ4n) is 3.80. The minimum Gasteiger partial charge on any atom is -0.379 e. The van der Waals surface area contributed by atoms with Crippen LogP contribution in [0.4, 0.5) is 5.69 Å². The molecule has 0 aliphatic carbocycles. The molecule has 1 aliphatic rings. The topological polar surface area (TPSA) is 96.8 Å². The first kappa shape index (κ1) is 24.1. The molecule has 180 valence electrons. The molecule has 1 fully saturated rings. The van der Waals surface area contributed by atoms with Crippen LogP contribution in [0, 0.1) is 0 Å². The highest BCUT2D eigenvalue weighted by molar-refractivity contribution is 7.89. The third kappa shape index (κ3) is 6.29. The first-order valence-electron chi connectivity index (χ1n) is 11.1. The summed E-state index contributed by atoms with van der Waals surface area (Å²) in [4.78, 5) is 14.6. The first-order valence-corrected chi connectivity index (χ1v) is 12.6. The Labute approximate surface area is 200 Å². The Balaban J connectivity index is 1.27. The molecule has 1 amide bonds. The third-order valence-corrected chi connectivity index (χ3v) is 7.40. The Morgan fingerprint density at radius 3 is 2.47 bits per heavy atom. The van der Waals surface area contributed by atoms with E-state index in [1.165, 1.54) is 22.0 Å². The van der Waals surface area contributed by atoms with Gasteiger partial charge in [0.15, 0.2) is 0 Å². The number of hydrogen-bond donors (Lipinski definition) is 1. The number of morpholine rings is 1. The second-order valence-corrected chi connectivity index (χ2v) is 10.2. The van der Waals surface area contributed by atoms with Crippen molar-refractivity contribution >= 4 is 21.6 Å². The largest absolute Gasteiger partial charge is 0.379 e. The SMILES string of the molecule is CN(CC(=O)Nc1ccc(S(=O)(=O)N2CCOCC2)cc1)Cc1cnn(Cc2ccccc2)c1. The van der Waals surface area contributed by atoms with Gasteiger partial charge in [-0.2, -0.15) is 9.40 Å². The summed E-state index contributed by atoms with van der Waals surface area (Å²) in [5, 5.41) is 7.23. The Morgan fingerprint density at radius 1 is 1.06 bits per heavy atom. The van der Waals surface area contributed by atoms with E-state index in [2.05, 4.69) is 22.5 Å². The lowest BCUT2D eigenvalue weighted by Crippen LogP contribution is -2.40. The average Bonchev–Trinajstić information content (AvgIpc) is 3.27. The number of amides is 1. The molecular weight excluding hydrogens is 454 g/mol. The van der Waals surface area contributed by atoms with Gasteiger partial charge in [0.2, 0.25) is 15.9 Å². The van der Waals surface area contributed by atoms with Crippen LogP contribution in [0.5, 0.6) is 0 Å². The molecule has 0 saturated carbocycles. The number of anilines is 1. The quantitative estimate of drug-likeness (QED) is 0.500. The van der Waals surface area contributed by atoms with Crippen molar-refractivity contribution in [3.63, 3.8) is 0 Å². The van der Waals surface area contributed by atoms with Crippen molar-refractivity contribution in [2.24, 2.45) is 0 Å². The van der Waals surface area contributed by atoms with Gasteiger partial charge in [-0.1, -0.05) is 30.3 Å². The number of carbonyl (C=O) groups excluding carboxylic acids is 1. The summed E-state index contributed by atoms with van der Waals surface area (Å²) < 4.78 is 34.0. The molecule has 1 saturated heterocycles. The number of nitrogens with one attached hydrogen (secondary N) is 1. The molecule has 0 unspecified atom stereocenters. The average molecular weight is 484 g/mol. The van der Waals surface area contributed by atoms with Gasteiger partial charge in [0.25, 0.3) is 0 Å². The minimum atomic E-state index is -3.55. The minimum absolute atomic E-state index is 0.178. The first-order chi connectivity index (χ1) is 16.4. The number of likely N-dealkylation sites (N-methyl/N-ethyl adjacent to an activating group) is 1. The normalized spacial score (nSPS) is 14.9. The molecule has 1 aliphatic heterocycles. The zero-order chi connectivity index (χ0) is 24.0. The van der Waals surface area contributed by atoms with Gasteiger partial charge in [-0.25, -0.2) is 8.42 Å². The van der Waals surface area contributed by atoms with Gasteiger partial charge < -0.3 is 10.1 Å². The van der Waals surface area contributed by atoms with Crippen molar-refractivity contribution < 1.29 is 17.9 Å². The zero-order valence-corrected chi connectivity index (χ0v) is 19.9. The lowest BCUT2D eigenvalue weighted by atomic mass is 10.2. The molecule has 0 radical (unpaired) electrons. The van der Waals surface area contributed by atoms with Crippen molar-refractivity contribution in [1.82, 2.24) is 19.0 Å². The molecule has 2 aromatic carbocycles. The van der Waals surface area contributed by atoms with E-state index in [1.807, 2.05) is 47.2 Å². The highest BCUT2D eigenvalue weighted by atomic mass is 32.2. The number of rotatable bonds is 9. The maximum absolute atomic E-state index is 12.7. The summed E-state index contributed by atoms with van der Waals surface area (Å²) in [7, 11) is -1.69. The third-order valence-electron chi connectivity index (χ3n) is 5.49. The molecule has 9 nitrogen and oxygen atoms in total. The second kappa shape index (κ2) is 10.9. The predicted molar refractivity (Wildman–Crippen MR) is 129 cm³/mol. The fraction of sp³-hybridized carbons (Fsp3) is 0.333. The van der Waals surface area contributed by atoms with E-state index in [-0.39, 0.29) is 17.3 Å². The molecule has 34 heavy (non-hydrogen) atoms. The number of hydrogen-bond acceptors (Lipinski definition) is 6. The van der Waals surface area contributed by atoms with E-state index in [4.69, 9.17) is 4.74 Å². The van der Waals surface area contributed by atoms with Crippen LogP contribution in [-0.2, 0) is 32.6 Å². The Bertz CT molecular complexity index is 1190. The van der Waals surface area contributed by atoms with Gasteiger partial charge in [-0.05, 0) is 36.9 Å². The van der Waals surface area contributed by atoms with Crippen LogP contribution < -0.4 is 5.32 Å². The van der Waals surface area contributed by atoms with Crippen molar-refractivity contribution in [1.29, 1.82) is 0 Å². The van der Waals surface area contributed by atoms with Crippen molar-refractivity contribution in [3.05, 3.63) is 78.1 Å². The van der Waals surface area contributed by atoms with Crippen molar-refractivity contribution in [2.75, 3.05) is 45.2 Å². The van der Waals surface area contributed by atoms with Crippen LogP contribution in [0.15, 0.2) is 71.9 Å². The van der Waals surface area contributed by atoms with E-state index in [9.17, 15) is 13.2 Å².